The third-order valence-electron chi connectivity index (χ3n) is 14.0. The van der Waals surface area contributed by atoms with E-state index in [1.807, 2.05) is 78.1 Å². The number of nitrogens with zero attached hydrogens (tertiary/aromatic N) is 5. The highest BCUT2D eigenvalue weighted by Crippen LogP contribution is 2.49. The van der Waals surface area contributed by atoms with Gasteiger partial charge in [0.05, 0.1) is 27.8 Å². The smallest absolute Gasteiger partial charge is 0.164 e. The highest BCUT2D eigenvalue weighted by molar-refractivity contribution is 7.25. The van der Waals surface area contributed by atoms with E-state index in [4.69, 9.17) is 19.4 Å². The molecule has 5 heterocycles. The van der Waals surface area contributed by atoms with Gasteiger partial charge >= 0.3 is 0 Å². The zero-order valence-corrected chi connectivity index (χ0v) is 38.2. The maximum absolute atomic E-state index is 7.17. The summed E-state index contributed by atoms with van der Waals surface area (Å²) in [5.41, 5.74) is 13.0. The van der Waals surface area contributed by atoms with Gasteiger partial charge in [-0.25, -0.2) is 15.0 Å². The van der Waals surface area contributed by atoms with Crippen molar-refractivity contribution in [3.8, 4) is 56.7 Å². The second kappa shape index (κ2) is 15.2. The van der Waals surface area contributed by atoms with Crippen molar-refractivity contribution >= 4 is 97.1 Å². The fourth-order valence-corrected chi connectivity index (χ4v) is 12.0. The predicted octanol–water partition coefficient (Wildman–Crippen LogP) is 17.0. The molecule has 0 amide bonds. The van der Waals surface area contributed by atoms with E-state index in [0.29, 0.717) is 17.5 Å². The first-order valence-electron chi connectivity index (χ1n) is 23.5. The number of hydrogen-bond acceptors (Lipinski definition) is 5. The summed E-state index contributed by atoms with van der Waals surface area (Å²) < 4.78 is 14.6. The molecule has 0 saturated carbocycles. The van der Waals surface area contributed by atoms with Crippen LogP contribution in [-0.4, -0.2) is 24.1 Å². The summed E-state index contributed by atoms with van der Waals surface area (Å²) in [6.07, 6.45) is 0. The van der Waals surface area contributed by atoms with Crippen LogP contribution in [0.4, 0.5) is 0 Å². The molecule has 0 unspecified atom stereocenters. The molecule has 70 heavy (non-hydrogen) atoms. The Bertz CT molecular complexity index is 4530. The maximum Gasteiger partial charge on any atom is 0.164 e. The first-order valence-corrected chi connectivity index (χ1v) is 24.3. The van der Waals surface area contributed by atoms with Gasteiger partial charge in [0.25, 0.3) is 0 Å². The van der Waals surface area contributed by atoms with Crippen molar-refractivity contribution in [1.82, 2.24) is 24.1 Å². The van der Waals surface area contributed by atoms with Gasteiger partial charge in [0, 0.05) is 80.4 Å². The molecule has 0 fully saturated rings. The van der Waals surface area contributed by atoms with Crippen LogP contribution < -0.4 is 0 Å². The molecular weight excluding hydrogens is 875 g/mol. The Balaban J connectivity index is 1.10. The monoisotopic (exact) mass is 911 g/mol. The number of rotatable bonds is 6. The highest BCUT2D eigenvalue weighted by atomic mass is 32.1. The quantitative estimate of drug-likeness (QED) is 0.167. The van der Waals surface area contributed by atoms with E-state index >= 15 is 0 Å². The van der Waals surface area contributed by atoms with Crippen molar-refractivity contribution in [2.45, 2.75) is 0 Å². The van der Waals surface area contributed by atoms with E-state index < -0.39 is 0 Å². The van der Waals surface area contributed by atoms with Crippen LogP contribution in [0.15, 0.2) is 229 Å². The summed E-state index contributed by atoms with van der Waals surface area (Å²) in [5.74, 6) is 1.79. The molecule has 0 atom stereocenters. The minimum Gasteiger partial charge on any atom is -0.454 e. The minimum atomic E-state index is 0.573. The van der Waals surface area contributed by atoms with Gasteiger partial charge in [-0.05, 0) is 72.3 Å². The molecule has 6 nitrogen and oxygen atoms in total. The Kier molecular flexibility index (Phi) is 8.43. The van der Waals surface area contributed by atoms with Gasteiger partial charge in [-0.15, -0.1) is 11.3 Å². The van der Waals surface area contributed by atoms with Crippen LogP contribution in [0.1, 0.15) is 0 Å². The molecule has 0 aliphatic rings. The third-order valence-corrected chi connectivity index (χ3v) is 15.1. The lowest BCUT2D eigenvalue weighted by atomic mass is 9.96. The van der Waals surface area contributed by atoms with E-state index in [0.717, 1.165) is 88.6 Å². The average Bonchev–Trinajstić information content (AvgIpc) is 4.19. The van der Waals surface area contributed by atoms with Crippen LogP contribution in [0.5, 0.6) is 0 Å². The first kappa shape index (κ1) is 38.9. The van der Waals surface area contributed by atoms with Gasteiger partial charge in [0.1, 0.15) is 5.58 Å². The van der Waals surface area contributed by atoms with Gasteiger partial charge in [0.2, 0.25) is 0 Å². The van der Waals surface area contributed by atoms with Gasteiger partial charge in [-0.3, -0.25) is 0 Å². The van der Waals surface area contributed by atoms with Crippen LogP contribution in [-0.2, 0) is 0 Å². The number of thiophene rings is 1. The zero-order valence-electron chi connectivity index (χ0n) is 37.4. The molecule has 326 valence electrons. The Morgan fingerprint density at radius 2 is 0.943 bits per heavy atom. The number of benzene rings is 10. The van der Waals surface area contributed by atoms with Gasteiger partial charge in [-0.2, -0.15) is 0 Å². The third kappa shape index (κ3) is 5.76. The number of fused-ring (bicyclic) bond motifs is 13. The van der Waals surface area contributed by atoms with Crippen molar-refractivity contribution in [2.24, 2.45) is 0 Å². The minimum absolute atomic E-state index is 0.573. The number of para-hydroxylation sites is 4. The lowest BCUT2D eigenvalue weighted by Crippen LogP contribution is -2.01. The van der Waals surface area contributed by atoms with Gasteiger partial charge in [0.15, 0.2) is 23.1 Å². The molecule has 10 aromatic carbocycles. The molecule has 7 heteroatoms. The average molecular weight is 912 g/mol. The van der Waals surface area contributed by atoms with Crippen LogP contribution in [0.25, 0.3) is 142 Å². The highest BCUT2D eigenvalue weighted by Gasteiger charge is 2.28. The predicted molar refractivity (Wildman–Crippen MR) is 290 cm³/mol. The lowest BCUT2D eigenvalue weighted by Gasteiger charge is -2.15. The van der Waals surface area contributed by atoms with Crippen LogP contribution in [0.3, 0.4) is 0 Å². The summed E-state index contributed by atoms with van der Waals surface area (Å²) >= 11 is 1.85. The summed E-state index contributed by atoms with van der Waals surface area (Å²) in [5, 5.41) is 9.17. The summed E-state index contributed by atoms with van der Waals surface area (Å²) in [6.45, 7) is 0. The molecule has 0 bridgehead atoms. The normalized spacial score (nSPS) is 12.0. The van der Waals surface area contributed by atoms with Crippen LogP contribution in [0.2, 0.25) is 0 Å². The van der Waals surface area contributed by atoms with Crippen LogP contribution >= 0.6 is 11.3 Å². The van der Waals surface area contributed by atoms with Gasteiger partial charge < -0.3 is 13.6 Å². The van der Waals surface area contributed by atoms with E-state index in [9.17, 15) is 0 Å². The lowest BCUT2D eigenvalue weighted by molar-refractivity contribution is 0.666. The molecule has 0 N–H and O–H groups in total. The van der Waals surface area contributed by atoms with Crippen molar-refractivity contribution < 1.29 is 4.42 Å². The Morgan fingerprint density at radius 3 is 1.69 bits per heavy atom. The summed E-state index contributed by atoms with van der Waals surface area (Å²) in [6, 6.07) is 79.7. The topological polar surface area (TPSA) is 61.7 Å². The SMILES string of the molecule is c1ccc(-c2nc(-c3ccccc3)nc(-c3ccc(-n4c5ccccc5c5c4c(-c4ccc6sc7ccccc7c6c4)cc4c6ccccc6n(-c6ccccc6)c45)c4oc5ccccc5c34)n2)cc1. The van der Waals surface area contributed by atoms with Crippen molar-refractivity contribution in [3.05, 3.63) is 224 Å². The van der Waals surface area contributed by atoms with E-state index in [-0.39, 0.29) is 0 Å². The number of furan rings is 1. The standard InChI is InChI=1S/C63H37N5OS/c1-4-18-38(19-5-1)61-64-62(39-20-6-2-7-21-39)66-63(65-61)46-33-34-52(60-56(46)45-27-12-16-30-53(45)69-60)68-51-29-15-11-26-44(51)57-58(68)47(40-32-35-55-48(36-40)43-25-13-17-31-54(43)70-55)37-49-42-24-10-14-28-50(42)67(59(49)57)41-22-8-3-9-23-41/h1-37H. The Hall–Kier alpha value is -9.17. The fourth-order valence-electron chi connectivity index (χ4n) is 10.9. The number of hydrogen-bond donors (Lipinski definition) is 0. The Labute approximate surface area is 404 Å². The molecule has 0 radical (unpaired) electrons. The maximum atomic E-state index is 7.17. The molecule has 5 aromatic heterocycles. The van der Waals surface area contributed by atoms with E-state index in [1.165, 1.54) is 36.3 Å². The molecule has 0 aliphatic carbocycles. The second-order valence-corrected chi connectivity index (χ2v) is 19.0. The first-order chi connectivity index (χ1) is 34.7. The number of aromatic nitrogens is 5. The molecule has 15 aromatic rings. The van der Waals surface area contributed by atoms with E-state index in [2.05, 4.69) is 167 Å². The summed E-state index contributed by atoms with van der Waals surface area (Å²) in [4.78, 5) is 15.5. The molecule has 0 saturated heterocycles. The second-order valence-electron chi connectivity index (χ2n) is 17.9. The van der Waals surface area contributed by atoms with Crippen LogP contribution in [0, 0.1) is 0 Å². The van der Waals surface area contributed by atoms with Gasteiger partial charge in [-0.1, -0.05) is 158 Å². The van der Waals surface area contributed by atoms with Crippen molar-refractivity contribution in [1.29, 1.82) is 0 Å². The van der Waals surface area contributed by atoms with Crippen molar-refractivity contribution in [2.75, 3.05) is 0 Å². The summed E-state index contributed by atoms with van der Waals surface area (Å²) in [7, 11) is 0. The fraction of sp³-hybridized carbons (Fsp3) is 0. The Morgan fingerprint density at radius 1 is 0.357 bits per heavy atom. The largest absolute Gasteiger partial charge is 0.454 e. The van der Waals surface area contributed by atoms with Crippen molar-refractivity contribution in [3.63, 3.8) is 0 Å². The zero-order chi connectivity index (χ0) is 45.9. The molecule has 0 spiro atoms. The van der Waals surface area contributed by atoms with E-state index in [1.54, 1.807) is 0 Å². The molecule has 15 rings (SSSR count). The molecular formula is C63H37N5OS. The molecule has 0 aliphatic heterocycles.